The van der Waals surface area contributed by atoms with Gasteiger partial charge in [0.15, 0.2) is 0 Å². The van der Waals surface area contributed by atoms with Crippen LogP contribution in [0.2, 0.25) is 0 Å². The summed E-state index contributed by atoms with van der Waals surface area (Å²) in [5, 5.41) is 10.2. The fourth-order valence-corrected chi connectivity index (χ4v) is 4.06. The van der Waals surface area contributed by atoms with Crippen LogP contribution in [0.3, 0.4) is 0 Å². The average Bonchev–Trinajstić information content (AvgIpc) is 3.27. The summed E-state index contributed by atoms with van der Waals surface area (Å²) in [4.78, 5) is 15.4. The molecule has 1 aliphatic rings. The largest absolute Gasteiger partial charge is 0.497 e. The zero-order valence-electron chi connectivity index (χ0n) is 17.6. The predicted molar refractivity (Wildman–Crippen MR) is 113 cm³/mol. The Morgan fingerprint density at radius 3 is 2.55 bits per heavy atom. The SMILES string of the molecule is CCC(CC)C(CNC(=O)c1cn[nH]c1-c1ccc(OC)cc1)N1CCOCC1. The Morgan fingerprint density at radius 2 is 1.93 bits per heavy atom. The third kappa shape index (κ3) is 5.16. The van der Waals surface area contributed by atoms with Crippen LogP contribution in [0.4, 0.5) is 0 Å². The molecule has 2 heterocycles. The maximum absolute atomic E-state index is 13.0. The number of H-pyrrole nitrogens is 1. The summed E-state index contributed by atoms with van der Waals surface area (Å²) in [7, 11) is 1.63. The van der Waals surface area contributed by atoms with Crippen LogP contribution in [0.25, 0.3) is 11.3 Å². The minimum atomic E-state index is -0.103. The molecule has 2 N–H and O–H groups in total. The van der Waals surface area contributed by atoms with Crippen LogP contribution in [-0.4, -0.2) is 67.0 Å². The topological polar surface area (TPSA) is 79.5 Å². The van der Waals surface area contributed by atoms with Gasteiger partial charge in [0.1, 0.15) is 5.75 Å². The number of carbonyl (C=O) groups excluding carboxylic acids is 1. The first kappa shape index (κ1) is 21.3. The quantitative estimate of drug-likeness (QED) is 0.677. The van der Waals surface area contributed by atoms with Crippen LogP contribution < -0.4 is 10.1 Å². The van der Waals surface area contributed by atoms with E-state index < -0.39 is 0 Å². The van der Waals surface area contributed by atoms with Crippen LogP contribution in [0.1, 0.15) is 37.0 Å². The number of rotatable bonds is 9. The predicted octanol–water partition coefficient (Wildman–Crippen LogP) is 2.95. The van der Waals surface area contributed by atoms with Gasteiger partial charge >= 0.3 is 0 Å². The Kier molecular flexibility index (Phi) is 7.66. The molecular formula is C22H32N4O3. The number of carbonyl (C=O) groups is 1. The summed E-state index contributed by atoms with van der Waals surface area (Å²) >= 11 is 0. The highest BCUT2D eigenvalue weighted by Gasteiger charge is 2.28. The zero-order chi connectivity index (χ0) is 20.6. The lowest BCUT2D eigenvalue weighted by Gasteiger charge is -2.38. The first-order valence-electron chi connectivity index (χ1n) is 10.5. The number of aromatic nitrogens is 2. The lowest BCUT2D eigenvalue weighted by Crippen LogP contribution is -2.52. The summed E-state index contributed by atoms with van der Waals surface area (Å²) < 4.78 is 10.7. The fraction of sp³-hybridized carbons (Fsp3) is 0.545. The molecule has 1 aromatic heterocycles. The summed E-state index contributed by atoms with van der Waals surface area (Å²) in [6.45, 7) is 8.42. The van der Waals surface area contributed by atoms with E-state index in [2.05, 4.69) is 34.3 Å². The first-order chi connectivity index (χ1) is 14.2. The number of nitrogens with one attached hydrogen (secondary N) is 2. The maximum atomic E-state index is 13.0. The molecule has 1 amide bonds. The average molecular weight is 401 g/mol. The van der Waals surface area contributed by atoms with E-state index in [1.54, 1.807) is 13.3 Å². The molecule has 3 rings (SSSR count). The van der Waals surface area contributed by atoms with E-state index in [-0.39, 0.29) is 5.91 Å². The number of ether oxygens (including phenoxy) is 2. The van der Waals surface area contributed by atoms with Gasteiger partial charge in [-0.25, -0.2) is 0 Å². The highest BCUT2D eigenvalue weighted by Crippen LogP contribution is 2.24. The molecule has 1 fully saturated rings. The summed E-state index contributed by atoms with van der Waals surface area (Å²) in [5.41, 5.74) is 2.18. The fourth-order valence-electron chi connectivity index (χ4n) is 4.06. The molecule has 0 radical (unpaired) electrons. The van der Waals surface area contributed by atoms with Gasteiger partial charge in [-0.05, 0) is 30.2 Å². The van der Waals surface area contributed by atoms with Crippen LogP contribution in [0.15, 0.2) is 30.5 Å². The molecule has 7 heteroatoms. The molecule has 158 valence electrons. The van der Waals surface area contributed by atoms with Gasteiger partial charge in [0, 0.05) is 31.2 Å². The van der Waals surface area contributed by atoms with E-state index in [9.17, 15) is 4.79 Å². The van der Waals surface area contributed by atoms with Crippen molar-refractivity contribution in [1.29, 1.82) is 0 Å². The number of hydrogen-bond donors (Lipinski definition) is 2. The van der Waals surface area contributed by atoms with Crippen LogP contribution in [-0.2, 0) is 4.74 Å². The van der Waals surface area contributed by atoms with Crippen molar-refractivity contribution in [2.75, 3.05) is 40.0 Å². The van der Waals surface area contributed by atoms with Crippen molar-refractivity contribution in [3.8, 4) is 17.0 Å². The second-order valence-corrected chi connectivity index (χ2v) is 7.39. The van der Waals surface area contributed by atoms with Gasteiger partial charge in [0.05, 0.1) is 37.8 Å². The molecule has 0 bridgehead atoms. The second-order valence-electron chi connectivity index (χ2n) is 7.39. The molecular weight excluding hydrogens is 368 g/mol. The lowest BCUT2D eigenvalue weighted by molar-refractivity contribution is 0.00191. The standard InChI is InChI=1S/C22H32N4O3/c1-4-16(5-2)20(26-10-12-29-13-11-26)15-23-22(27)19-14-24-25-21(19)17-6-8-18(28-3)9-7-17/h6-9,14,16,20H,4-5,10-13,15H2,1-3H3,(H,23,27)(H,24,25). The molecule has 29 heavy (non-hydrogen) atoms. The van der Waals surface area contributed by atoms with E-state index in [0.29, 0.717) is 24.1 Å². The first-order valence-corrected chi connectivity index (χ1v) is 10.5. The van der Waals surface area contributed by atoms with Crippen molar-refractivity contribution in [3.63, 3.8) is 0 Å². The van der Waals surface area contributed by atoms with E-state index >= 15 is 0 Å². The van der Waals surface area contributed by atoms with Gasteiger partial charge in [-0.15, -0.1) is 0 Å². The summed E-state index contributed by atoms with van der Waals surface area (Å²) in [6.07, 6.45) is 3.78. The lowest BCUT2D eigenvalue weighted by atomic mass is 9.92. The Bertz CT molecular complexity index is 765. The molecule has 1 unspecified atom stereocenters. The van der Waals surface area contributed by atoms with Crippen LogP contribution in [0.5, 0.6) is 5.75 Å². The molecule has 2 aromatic rings. The molecule has 0 saturated carbocycles. The smallest absolute Gasteiger partial charge is 0.255 e. The van der Waals surface area contributed by atoms with Crippen molar-refractivity contribution in [2.45, 2.75) is 32.7 Å². The maximum Gasteiger partial charge on any atom is 0.255 e. The molecule has 1 aliphatic heterocycles. The van der Waals surface area contributed by atoms with E-state index in [4.69, 9.17) is 9.47 Å². The Labute approximate surface area is 172 Å². The second kappa shape index (κ2) is 10.4. The molecule has 1 atom stereocenters. The number of morpholine rings is 1. The molecule has 1 saturated heterocycles. The Balaban J connectivity index is 1.71. The molecule has 7 nitrogen and oxygen atoms in total. The van der Waals surface area contributed by atoms with Gasteiger partial charge in [0.25, 0.3) is 5.91 Å². The van der Waals surface area contributed by atoms with Gasteiger partial charge in [-0.1, -0.05) is 26.7 Å². The third-order valence-corrected chi connectivity index (χ3v) is 5.84. The van der Waals surface area contributed by atoms with Crippen molar-refractivity contribution in [2.24, 2.45) is 5.92 Å². The zero-order valence-corrected chi connectivity index (χ0v) is 17.6. The van der Waals surface area contributed by atoms with E-state index in [0.717, 1.165) is 56.2 Å². The minimum absolute atomic E-state index is 0.103. The number of amides is 1. The monoisotopic (exact) mass is 400 g/mol. The molecule has 0 spiro atoms. The van der Waals surface area contributed by atoms with Crippen molar-refractivity contribution in [1.82, 2.24) is 20.4 Å². The minimum Gasteiger partial charge on any atom is -0.497 e. The number of hydrogen-bond acceptors (Lipinski definition) is 5. The van der Waals surface area contributed by atoms with Crippen LogP contribution in [0, 0.1) is 5.92 Å². The number of methoxy groups -OCH3 is 1. The van der Waals surface area contributed by atoms with Crippen LogP contribution >= 0.6 is 0 Å². The van der Waals surface area contributed by atoms with Gasteiger partial charge in [-0.2, -0.15) is 5.10 Å². The highest BCUT2D eigenvalue weighted by atomic mass is 16.5. The van der Waals surface area contributed by atoms with Gasteiger partial charge in [-0.3, -0.25) is 14.8 Å². The number of nitrogens with zero attached hydrogens (tertiary/aromatic N) is 2. The summed E-state index contributed by atoms with van der Waals surface area (Å²) in [5.74, 6) is 1.21. The van der Waals surface area contributed by atoms with Gasteiger partial charge < -0.3 is 14.8 Å². The molecule has 0 aliphatic carbocycles. The van der Waals surface area contributed by atoms with Crippen molar-refractivity contribution in [3.05, 3.63) is 36.0 Å². The van der Waals surface area contributed by atoms with Crippen molar-refractivity contribution >= 4 is 5.91 Å². The highest BCUT2D eigenvalue weighted by molar-refractivity contribution is 5.99. The Hall–Kier alpha value is -2.38. The van der Waals surface area contributed by atoms with Crippen molar-refractivity contribution < 1.29 is 14.3 Å². The number of aromatic amines is 1. The van der Waals surface area contributed by atoms with E-state index in [1.165, 1.54) is 0 Å². The van der Waals surface area contributed by atoms with Gasteiger partial charge in [0.2, 0.25) is 0 Å². The normalized spacial score (nSPS) is 16.0. The molecule has 1 aromatic carbocycles. The third-order valence-electron chi connectivity index (χ3n) is 5.84. The summed E-state index contributed by atoms with van der Waals surface area (Å²) in [6, 6.07) is 7.90. The van der Waals surface area contributed by atoms with E-state index in [1.807, 2.05) is 24.3 Å². The Morgan fingerprint density at radius 1 is 1.24 bits per heavy atom. The number of benzene rings is 1.